The molecule has 0 radical (unpaired) electrons. The molecule has 0 unspecified atom stereocenters. The molecule has 12 aromatic rings. The van der Waals surface area contributed by atoms with Crippen molar-refractivity contribution in [2.45, 2.75) is 333 Å². The Hall–Kier alpha value is -11.0. The van der Waals surface area contributed by atoms with Crippen molar-refractivity contribution in [3.8, 4) is 34.5 Å². The van der Waals surface area contributed by atoms with Gasteiger partial charge in [-0.25, -0.2) is 0 Å². The summed E-state index contributed by atoms with van der Waals surface area (Å²) in [6.07, 6.45) is 34.4. The van der Waals surface area contributed by atoms with E-state index in [0.29, 0.717) is 20.4 Å². The van der Waals surface area contributed by atoms with Crippen molar-refractivity contribution >= 4 is 11.4 Å². The Kier molecular flexibility index (Phi) is 35.8. The summed E-state index contributed by atoms with van der Waals surface area (Å²) in [7, 11) is 0. The predicted molar refractivity (Wildman–Crippen MR) is 572 cm³/mol. The number of ether oxygens (including phenoxy) is 6. The van der Waals surface area contributed by atoms with E-state index in [1.54, 1.807) is 77.9 Å². The molecule has 12 aliphatic rings. The van der Waals surface area contributed by atoms with Gasteiger partial charge >= 0.3 is 0 Å². The lowest BCUT2D eigenvalue weighted by atomic mass is 9.87. The van der Waals surface area contributed by atoms with Gasteiger partial charge in [0.1, 0.15) is 0 Å². The first-order chi connectivity index (χ1) is 64.9. The Bertz CT molecular complexity index is 5360. The van der Waals surface area contributed by atoms with Gasteiger partial charge in [-0.05, 0) is 586 Å². The minimum Gasteiger partial charge on any atom is -0.454 e. The van der Waals surface area contributed by atoms with Crippen molar-refractivity contribution in [3.63, 3.8) is 0 Å². The average Bonchev–Trinajstić information content (AvgIpc) is 1.81. The molecular formula is C127H160N2O6. The first kappa shape index (κ1) is 101. The summed E-state index contributed by atoms with van der Waals surface area (Å²) in [5, 5.41) is 6.78. The second-order valence-corrected chi connectivity index (χ2v) is 40.4. The van der Waals surface area contributed by atoms with Gasteiger partial charge in [-0.3, -0.25) is 0 Å². The summed E-state index contributed by atoms with van der Waals surface area (Å²) in [5.41, 5.74) is 61.9. The van der Waals surface area contributed by atoms with Gasteiger partial charge < -0.3 is 39.1 Å². The Morgan fingerprint density at radius 3 is 0.778 bits per heavy atom. The molecule has 12 aromatic carbocycles. The van der Waals surface area contributed by atoms with E-state index in [-0.39, 0.29) is 0 Å². The molecule has 0 fully saturated rings. The monoisotopic (exact) mass is 1810 g/mol. The summed E-state index contributed by atoms with van der Waals surface area (Å²) in [5.74, 6) is 5.29. The summed E-state index contributed by atoms with van der Waals surface area (Å²) < 4.78 is 31.4. The molecule has 714 valence electrons. The quantitative estimate of drug-likeness (QED) is 0.155. The fraction of sp³-hybridized carbons (Fsp3) is 0.433. The smallest absolute Gasteiger partial charge is 0.231 e. The van der Waals surface area contributed by atoms with E-state index in [2.05, 4.69) is 272 Å². The van der Waals surface area contributed by atoms with Crippen LogP contribution in [0.5, 0.6) is 34.5 Å². The summed E-state index contributed by atoms with van der Waals surface area (Å²) in [6.45, 7) is 55.5. The maximum Gasteiger partial charge on any atom is 0.231 e. The number of aryl methyl sites for hydroxylation is 26. The SMILES string of the molecule is Cc1cc2c(cc1C)CCC2.Cc1cc2c(cc1C)CCC2.Cc1cc2c(cc1C)CCCC2.Cc1cc2c(cc1C)OCO2.Cc1ccc2c(c1C)CCC2.Cc1ccc2c(c1C)CCC2.Cc1ccc2c(c1C)CCCC2.Cc1ccc2c(c1C)CCCC2.Cc1ccc2c(c1C)CCN2.Cc1ccc2c(c1C)NCC2.Cc1ccc2c(c1C)OCO2.Cc1ccc2c(c1C)OCO2. The first-order valence-corrected chi connectivity index (χ1v) is 51.2. The lowest BCUT2D eigenvalue weighted by Crippen LogP contribution is -2.05. The van der Waals surface area contributed by atoms with Gasteiger partial charge in [0.15, 0.2) is 34.5 Å². The van der Waals surface area contributed by atoms with Crippen LogP contribution in [0.25, 0.3) is 0 Å². The number of benzene rings is 12. The molecule has 5 aliphatic heterocycles. The second kappa shape index (κ2) is 47.7. The number of fused-ring (bicyclic) bond motifs is 12. The maximum atomic E-state index is 5.29. The van der Waals surface area contributed by atoms with Gasteiger partial charge in [0.25, 0.3) is 0 Å². The molecule has 0 spiro atoms. The van der Waals surface area contributed by atoms with Crippen LogP contribution in [0.2, 0.25) is 0 Å². The van der Waals surface area contributed by atoms with Crippen LogP contribution >= 0.6 is 0 Å². The van der Waals surface area contributed by atoms with Crippen LogP contribution < -0.4 is 39.1 Å². The lowest BCUT2D eigenvalue weighted by Gasteiger charge is -2.19. The number of anilines is 2. The molecule has 5 heterocycles. The molecule has 24 rings (SSSR count). The van der Waals surface area contributed by atoms with Crippen LogP contribution in [-0.4, -0.2) is 33.5 Å². The topological polar surface area (TPSA) is 79.4 Å². The number of nitrogens with one attached hydrogen (secondary N) is 2. The molecule has 8 heteroatoms. The average molecular weight is 1810 g/mol. The fourth-order valence-electron chi connectivity index (χ4n) is 20.9. The standard InChI is InChI=1S/3C12H16.4C11H14.2C10H13N.3C9H10O2/c1-9-7-11-5-3-4-6-12(11)8-10(9)2;2*1-9-7-8-11-5-3-4-6-12(11)10(9)2;2*1-8-6-10-4-3-5-11(10)7-9(8)2;2*1-8-6-7-10-4-3-5-11(10)9(8)2;1-7-3-4-10-9(8(7)2)5-6-11-10;1-7-3-4-9-5-6-11-10(9)8(7)2;1-6-3-8-9(4-7(6)2)11-5-10-8;2*1-6-3-4-8-9(7(6)2)11-5-10-8/h3*7-8H,3-6H2,1-2H3;4*6-7H,3-5H2,1-2H3;2*3-4,11H,5-6H2,1-2H3;3*3-4H,5H2,1-2H3. The molecular weight excluding hydrogens is 1650 g/mol. The molecule has 7 aliphatic carbocycles. The van der Waals surface area contributed by atoms with Crippen molar-refractivity contribution < 1.29 is 28.4 Å². The number of rotatable bonds is 0. The molecule has 0 atom stereocenters. The third-order valence-corrected chi connectivity index (χ3v) is 31.4. The van der Waals surface area contributed by atoms with Crippen LogP contribution in [-0.2, 0) is 103 Å². The normalized spacial score (nSPS) is 14.8. The third kappa shape index (κ3) is 25.9. The number of hydrogen-bond donors (Lipinski definition) is 2. The highest BCUT2D eigenvalue weighted by Gasteiger charge is 2.23. The molecule has 0 amide bonds. The molecule has 0 saturated heterocycles. The zero-order chi connectivity index (χ0) is 96.3. The van der Waals surface area contributed by atoms with E-state index in [1.165, 1.54) is 323 Å². The highest BCUT2D eigenvalue weighted by atomic mass is 16.7. The van der Waals surface area contributed by atoms with Gasteiger partial charge in [0.05, 0.1) is 0 Å². The second-order valence-electron chi connectivity index (χ2n) is 40.4. The largest absolute Gasteiger partial charge is 0.454 e. The van der Waals surface area contributed by atoms with Crippen LogP contribution in [0.15, 0.2) is 146 Å². The van der Waals surface area contributed by atoms with Crippen molar-refractivity contribution in [3.05, 3.63) is 368 Å². The van der Waals surface area contributed by atoms with E-state index in [9.17, 15) is 0 Å². The minimum atomic E-state index is 0.359. The predicted octanol–water partition coefficient (Wildman–Crippen LogP) is 31.4. The summed E-state index contributed by atoms with van der Waals surface area (Å²) >= 11 is 0. The van der Waals surface area contributed by atoms with E-state index in [0.717, 1.165) is 47.6 Å². The Morgan fingerprint density at radius 1 is 0.170 bits per heavy atom. The minimum absolute atomic E-state index is 0.359. The van der Waals surface area contributed by atoms with E-state index < -0.39 is 0 Å². The van der Waals surface area contributed by atoms with Gasteiger partial charge in [0, 0.05) is 24.5 Å². The lowest BCUT2D eigenvalue weighted by molar-refractivity contribution is 0.173. The van der Waals surface area contributed by atoms with Crippen LogP contribution in [0.1, 0.15) is 287 Å². The summed E-state index contributed by atoms with van der Waals surface area (Å²) in [4.78, 5) is 0. The van der Waals surface area contributed by atoms with Crippen molar-refractivity contribution in [2.75, 3.05) is 44.1 Å². The van der Waals surface area contributed by atoms with E-state index in [1.807, 2.05) is 50.2 Å². The van der Waals surface area contributed by atoms with Gasteiger partial charge in [-0.1, -0.05) is 115 Å². The zero-order valence-electron chi connectivity index (χ0n) is 87.2. The number of hydrogen-bond acceptors (Lipinski definition) is 8. The third-order valence-electron chi connectivity index (χ3n) is 31.4. The Labute approximate surface area is 814 Å². The van der Waals surface area contributed by atoms with Crippen molar-refractivity contribution in [1.29, 1.82) is 0 Å². The summed E-state index contributed by atoms with van der Waals surface area (Å²) in [6, 6.07) is 53.3. The molecule has 0 bridgehead atoms. The Morgan fingerprint density at radius 2 is 0.415 bits per heavy atom. The maximum absolute atomic E-state index is 5.29. The van der Waals surface area contributed by atoms with Crippen LogP contribution in [0.3, 0.4) is 0 Å². The highest BCUT2D eigenvalue weighted by Crippen LogP contribution is 2.41. The molecule has 135 heavy (non-hydrogen) atoms. The highest BCUT2D eigenvalue weighted by molar-refractivity contribution is 5.64. The zero-order valence-corrected chi connectivity index (χ0v) is 87.2. The van der Waals surface area contributed by atoms with Crippen LogP contribution in [0.4, 0.5) is 11.4 Å². The van der Waals surface area contributed by atoms with Gasteiger partial charge in [0.2, 0.25) is 20.4 Å². The first-order valence-electron chi connectivity index (χ1n) is 51.2. The van der Waals surface area contributed by atoms with E-state index >= 15 is 0 Å². The van der Waals surface area contributed by atoms with E-state index in [4.69, 9.17) is 28.4 Å². The van der Waals surface area contributed by atoms with Crippen molar-refractivity contribution in [2.24, 2.45) is 0 Å². The van der Waals surface area contributed by atoms with Crippen LogP contribution in [0, 0.1) is 166 Å². The molecule has 0 saturated carbocycles. The molecule has 2 N–H and O–H groups in total. The van der Waals surface area contributed by atoms with Gasteiger partial charge in [-0.2, -0.15) is 0 Å². The van der Waals surface area contributed by atoms with Crippen molar-refractivity contribution in [1.82, 2.24) is 0 Å². The Balaban J connectivity index is 0.000000125. The fourth-order valence-corrected chi connectivity index (χ4v) is 20.9. The molecule has 8 nitrogen and oxygen atoms in total. The van der Waals surface area contributed by atoms with Gasteiger partial charge in [-0.15, -0.1) is 0 Å². The molecule has 0 aromatic heterocycles.